The van der Waals surface area contributed by atoms with Gasteiger partial charge in [0, 0.05) is 6.04 Å². The molecule has 1 aliphatic carbocycles. The van der Waals surface area contributed by atoms with Crippen LogP contribution in [-0.4, -0.2) is 31.3 Å². The first-order valence-corrected chi connectivity index (χ1v) is 9.82. The van der Waals surface area contributed by atoms with Gasteiger partial charge in [-0.3, -0.25) is 14.2 Å². The minimum absolute atomic E-state index is 0.0319. The van der Waals surface area contributed by atoms with E-state index in [9.17, 15) is 9.59 Å². The Morgan fingerprint density at radius 3 is 2.79 bits per heavy atom. The molecule has 0 saturated heterocycles. The maximum atomic E-state index is 12.8. The SMILES string of the molecule is C[C@@H]1[C@H](C)CCC[C@@H]1NC(=O)Cn1cnc2c(cnn2-c2ccccc2)c1=O. The molecule has 1 aliphatic rings. The van der Waals surface area contributed by atoms with E-state index in [-0.39, 0.29) is 24.1 Å². The molecule has 0 spiro atoms. The number of para-hydroxylation sites is 1. The second kappa shape index (κ2) is 7.58. The molecule has 0 aliphatic heterocycles. The zero-order valence-electron chi connectivity index (χ0n) is 16.2. The smallest absolute Gasteiger partial charge is 0.264 e. The average Bonchev–Trinajstić information content (AvgIpc) is 3.13. The van der Waals surface area contributed by atoms with Crippen LogP contribution in [0.1, 0.15) is 33.1 Å². The van der Waals surface area contributed by atoms with Gasteiger partial charge in [-0.15, -0.1) is 0 Å². The summed E-state index contributed by atoms with van der Waals surface area (Å²) in [4.78, 5) is 29.7. The van der Waals surface area contributed by atoms with Crippen molar-refractivity contribution in [2.45, 2.75) is 45.7 Å². The molecule has 3 aromatic rings. The van der Waals surface area contributed by atoms with Crippen molar-refractivity contribution in [3.8, 4) is 5.69 Å². The number of nitrogens with one attached hydrogen (secondary N) is 1. The lowest BCUT2D eigenvalue weighted by molar-refractivity contribution is -0.123. The van der Waals surface area contributed by atoms with Gasteiger partial charge in [0.25, 0.3) is 5.56 Å². The molecule has 1 fully saturated rings. The molecule has 7 heteroatoms. The highest BCUT2D eigenvalue weighted by atomic mass is 16.2. The normalized spacial score (nSPS) is 22.3. The number of benzene rings is 1. The average molecular weight is 379 g/mol. The summed E-state index contributed by atoms with van der Waals surface area (Å²) in [5.74, 6) is 0.896. The predicted octanol–water partition coefficient (Wildman–Crippen LogP) is 2.52. The Bertz CT molecular complexity index is 1040. The summed E-state index contributed by atoms with van der Waals surface area (Å²) < 4.78 is 2.98. The molecule has 0 radical (unpaired) electrons. The van der Waals surface area contributed by atoms with Crippen molar-refractivity contribution in [2.75, 3.05) is 0 Å². The van der Waals surface area contributed by atoms with Crippen LogP contribution in [-0.2, 0) is 11.3 Å². The summed E-state index contributed by atoms with van der Waals surface area (Å²) in [5.41, 5.74) is 1.07. The van der Waals surface area contributed by atoms with Gasteiger partial charge in [-0.1, -0.05) is 44.9 Å². The van der Waals surface area contributed by atoms with Gasteiger partial charge in [-0.2, -0.15) is 5.10 Å². The highest BCUT2D eigenvalue weighted by Crippen LogP contribution is 2.29. The number of aromatic nitrogens is 4. The first-order valence-electron chi connectivity index (χ1n) is 9.82. The van der Waals surface area contributed by atoms with Crippen molar-refractivity contribution < 1.29 is 4.79 Å². The molecule has 7 nitrogen and oxygen atoms in total. The molecule has 1 N–H and O–H groups in total. The molecule has 3 atom stereocenters. The number of hydrogen-bond acceptors (Lipinski definition) is 4. The second-order valence-electron chi connectivity index (χ2n) is 7.75. The summed E-state index contributed by atoms with van der Waals surface area (Å²) in [6, 6.07) is 9.70. The van der Waals surface area contributed by atoms with Gasteiger partial charge in [0.2, 0.25) is 5.91 Å². The summed E-state index contributed by atoms with van der Waals surface area (Å²) in [6.45, 7) is 4.39. The van der Waals surface area contributed by atoms with Crippen molar-refractivity contribution in [1.82, 2.24) is 24.6 Å². The number of amides is 1. The van der Waals surface area contributed by atoms with Gasteiger partial charge in [-0.25, -0.2) is 9.67 Å². The first-order chi connectivity index (χ1) is 13.5. The van der Waals surface area contributed by atoms with E-state index < -0.39 is 0 Å². The monoisotopic (exact) mass is 379 g/mol. The van der Waals surface area contributed by atoms with Gasteiger partial charge in [0.05, 0.1) is 11.9 Å². The minimum atomic E-state index is -0.257. The number of fused-ring (bicyclic) bond motifs is 1. The highest BCUT2D eigenvalue weighted by molar-refractivity contribution is 5.78. The molecule has 2 aromatic heterocycles. The van der Waals surface area contributed by atoms with Crippen molar-refractivity contribution in [3.05, 3.63) is 53.2 Å². The Kier molecular flexibility index (Phi) is 4.98. The van der Waals surface area contributed by atoms with Crippen LogP contribution in [0.25, 0.3) is 16.7 Å². The van der Waals surface area contributed by atoms with E-state index in [2.05, 4.69) is 29.2 Å². The molecule has 2 heterocycles. The number of carbonyl (C=O) groups excluding carboxylic acids is 1. The number of rotatable bonds is 4. The first kappa shape index (κ1) is 18.4. The molecular weight excluding hydrogens is 354 g/mol. The Labute approximate surface area is 163 Å². The van der Waals surface area contributed by atoms with Crippen LogP contribution in [0.5, 0.6) is 0 Å². The zero-order valence-corrected chi connectivity index (χ0v) is 16.2. The van der Waals surface area contributed by atoms with Crippen LogP contribution >= 0.6 is 0 Å². The Morgan fingerprint density at radius 2 is 2.00 bits per heavy atom. The molecule has 146 valence electrons. The molecule has 1 aromatic carbocycles. The van der Waals surface area contributed by atoms with Crippen molar-refractivity contribution >= 4 is 16.9 Å². The van der Waals surface area contributed by atoms with Crippen LogP contribution < -0.4 is 10.9 Å². The van der Waals surface area contributed by atoms with E-state index in [0.717, 1.165) is 18.5 Å². The van der Waals surface area contributed by atoms with Crippen LogP contribution in [0, 0.1) is 11.8 Å². The third kappa shape index (κ3) is 3.44. The van der Waals surface area contributed by atoms with Crippen molar-refractivity contribution in [2.24, 2.45) is 11.8 Å². The Morgan fingerprint density at radius 1 is 1.21 bits per heavy atom. The topological polar surface area (TPSA) is 81.8 Å². The van der Waals surface area contributed by atoms with Gasteiger partial charge in [0.1, 0.15) is 18.3 Å². The molecule has 1 saturated carbocycles. The standard InChI is InChI=1S/C21H25N5O2/c1-14-7-6-10-18(15(14)2)24-19(27)12-25-13-22-20-17(21(25)28)11-23-26(20)16-8-4-3-5-9-16/h3-5,8-9,11,13-15,18H,6-7,10,12H2,1-2H3,(H,24,27)/t14-,15-,18+/m1/s1. The lowest BCUT2D eigenvalue weighted by Gasteiger charge is -2.34. The predicted molar refractivity (Wildman–Crippen MR) is 107 cm³/mol. The molecule has 4 rings (SSSR count). The van der Waals surface area contributed by atoms with E-state index in [1.54, 1.807) is 4.68 Å². The zero-order chi connectivity index (χ0) is 19.7. The fourth-order valence-corrected chi connectivity index (χ4v) is 4.01. The summed E-state index contributed by atoms with van der Waals surface area (Å²) in [7, 11) is 0. The van der Waals surface area contributed by atoms with Gasteiger partial charge in [-0.05, 0) is 30.4 Å². The van der Waals surface area contributed by atoms with Crippen molar-refractivity contribution in [3.63, 3.8) is 0 Å². The number of hydrogen-bond donors (Lipinski definition) is 1. The highest BCUT2D eigenvalue weighted by Gasteiger charge is 2.28. The fraction of sp³-hybridized carbons (Fsp3) is 0.429. The van der Waals surface area contributed by atoms with Gasteiger partial charge in [0.15, 0.2) is 5.65 Å². The van der Waals surface area contributed by atoms with Crippen LogP contribution in [0.2, 0.25) is 0 Å². The van der Waals surface area contributed by atoms with Gasteiger partial charge >= 0.3 is 0 Å². The molecule has 0 unspecified atom stereocenters. The minimum Gasteiger partial charge on any atom is -0.352 e. The Balaban J connectivity index is 1.54. The quantitative estimate of drug-likeness (QED) is 0.755. The maximum Gasteiger partial charge on any atom is 0.264 e. The van der Waals surface area contributed by atoms with Crippen molar-refractivity contribution in [1.29, 1.82) is 0 Å². The van der Waals surface area contributed by atoms with Crippen LogP contribution in [0.3, 0.4) is 0 Å². The second-order valence-corrected chi connectivity index (χ2v) is 7.75. The van der Waals surface area contributed by atoms with E-state index in [4.69, 9.17) is 0 Å². The third-order valence-corrected chi connectivity index (χ3v) is 5.92. The number of carbonyl (C=O) groups is 1. The largest absolute Gasteiger partial charge is 0.352 e. The maximum absolute atomic E-state index is 12.8. The summed E-state index contributed by atoms with van der Waals surface area (Å²) in [5, 5.41) is 7.81. The lowest BCUT2D eigenvalue weighted by atomic mass is 9.78. The third-order valence-electron chi connectivity index (χ3n) is 5.92. The molecular formula is C21H25N5O2. The van der Waals surface area contributed by atoms with Crippen LogP contribution in [0.4, 0.5) is 0 Å². The molecule has 1 amide bonds. The van der Waals surface area contributed by atoms with E-state index in [0.29, 0.717) is 22.9 Å². The van der Waals surface area contributed by atoms with Crippen LogP contribution in [0.15, 0.2) is 47.7 Å². The fourth-order valence-electron chi connectivity index (χ4n) is 4.01. The molecule has 0 bridgehead atoms. The lowest BCUT2D eigenvalue weighted by Crippen LogP contribution is -2.45. The summed E-state index contributed by atoms with van der Waals surface area (Å²) in [6.07, 6.45) is 6.27. The summed E-state index contributed by atoms with van der Waals surface area (Å²) >= 11 is 0. The van der Waals surface area contributed by atoms with Gasteiger partial charge < -0.3 is 5.32 Å². The number of nitrogens with zero attached hydrogens (tertiary/aromatic N) is 4. The Hall–Kier alpha value is -2.96. The molecule has 28 heavy (non-hydrogen) atoms. The van der Waals surface area contributed by atoms with E-state index in [1.807, 2.05) is 30.3 Å². The van der Waals surface area contributed by atoms with E-state index in [1.165, 1.54) is 23.5 Å². The van der Waals surface area contributed by atoms with E-state index >= 15 is 0 Å².